The van der Waals surface area contributed by atoms with Crippen molar-refractivity contribution in [1.82, 2.24) is 10.3 Å². The number of aliphatic hydroxyl groups excluding tert-OH is 1. The number of hydrogen-bond donors (Lipinski definition) is 2. The average Bonchev–Trinajstić information content (AvgIpc) is 2.55. The fourth-order valence-corrected chi connectivity index (χ4v) is 4.30. The Labute approximate surface area is 140 Å². The molecule has 1 aromatic heterocycles. The van der Waals surface area contributed by atoms with Crippen LogP contribution in [-0.2, 0) is 16.0 Å². The predicted molar refractivity (Wildman–Crippen MR) is 88.2 cm³/mol. The van der Waals surface area contributed by atoms with Gasteiger partial charge < -0.3 is 10.4 Å². The lowest BCUT2D eigenvalue weighted by molar-refractivity contribution is -0.125. The first-order valence-corrected chi connectivity index (χ1v) is 9.08. The normalized spacial score (nSPS) is 27.3. The lowest BCUT2D eigenvalue weighted by Crippen LogP contribution is -2.36. The van der Waals surface area contributed by atoms with Crippen LogP contribution in [0.1, 0.15) is 37.7 Å². The van der Waals surface area contributed by atoms with Gasteiger partial charge in [-0.25, -0.2) is 4.98 Å². The highest BCUT2D eigenvalue weighted by molar-refractivity contribution is 8.00. The van der Waals surface area contributed by atoms with Gasteiger partial charge in [-0.2, -0.15) is 0 Å². The zero-order valence-corrected chi connectivity index (χ0v) is 13.8. The monoisotopic (exact) mass is 334 g/mol. The van der Waals surface area contributed by atoms with Crippen LogP contribution in [0, 0.1) is 5.92 Å². The molecule has 124 valence electrons. The van der Waals surface area contributed by atoms with Crippen LogP contribution in [0.2, 0.25) is 0 Å². The van der Waals surface area contributed by atoms with Gasteiger partial charge in [0.25, 0.3) is 0 Å². The van der Waals surface area contributed by atoms with Crippen molar-refractivity contribution in [3.63, 3.8) is 0 Å². The van der Waals surface area contributed by atoms with E-state index in [0.29, 0.717) is 18.9 Å². The van der Waals surface area contributed by atoms with Gasteiger partial charge in [-0.1, -0.05) is 17.8 Å². The molecule has 0 aromatic carbocycles. The summed E-state index contributed by atoms with van der Waals surface area (Å²) >= 11 is 1.40. The third kappa shape index (κ3) is 4.32. The number of hydrogen-bond acceptors (Lipinski definition) is 5. The summed E-state index contributed by atoms with van der Waals surface area (Å²) in [7, 11) is 0. The molecule has 5 nitrogen and oxygen atoms in total. The zero-order valence-electron chi connectivity index (χ0n) is 13.0. The number of ketones is 1. The smallest absolute Gasteiger partial charge is 0.221 e. The molecule has 0 radical (unpaired) electrons. The van der Waals surface area contributed by atoms with Crippen LogP contribution < -0.4 is 5.32 Å². The Morgan fingerprint density at radius 3 is 2.91 bits per heavy atom. The van der Waals surface area contributed by atoms with Crippen molar-refractivity contribution in [2.45, 2.75) is 54.9 Å². The molecule has 1 atom stereocenters. The summed E-state index contributed by atoms with van der Waals surface area (Å²) in [5.74, 6) is 0.479. The number of amides is 1. The molecule has 2 aliphatic rings. The fraction of sp³-hybridized carbons (Fsp3) is 0.588. The van der Waals surface area contributed by atoms with Crippen LogP contribution in [0.4, 0.5) is 0 Å². The van der Waals surface area contributed by atoms with E-state index in [1.807, 2.05) is 12.1 Å². The first-order valence-electron chi connectivity index (χ1n) is 8.20. The number of carbonyl (C=O) groups is 2. The van der Waals surface area contributed by atoms with E-state index >= 15 is 0 Å². The molecule has 1 aliphatic carbocycles. The zero-order chi connectivity index (χ0) is 16.2. The number of Topliss-reactive ketones (excluding diaryl/α,β-unsaturated/α-hetero) is 1. The highest BCUT2D eigenvalue weighted by Gasteiger charge is 2.30. The maximum absolute atomic E-state index is 12.2. The molecule has 1 unspecified atom stereocenters. The minimum Gasteiger partial charge on any atom is -0.393 e. The number of aliphatic hydroxyl groups is 1. The maximum Gasteiger partial charge on any atom is 0.221 e. The first kappa shape index (κ1) is 16.5. The largest absolute Gasteiger partial charge is 0.393 e. The minimum absolute atomic E-state index is 0.0682. The maximum atomic E-state index is 12.2. The van der Waals surface area contributed by atoms with Crippen LogP contribution in [0.5, 0.6) is 0 Å². The Morgan fingerprint density at radius 2 is 2.13 bits per heavy atom. The van der Waals surface area contributed by atoms with E-state index in [0.717, 1.165) is 36.3 Å². The van der Waals surface area contributed by atoms with Crippen molar-refractivity contribution in [1.29, 1.82) is 0 Å². The third-order valence-corrected chi connectivity index (χ3v) is 5.91. The summed E-state index contributed by atoms with van der Waals surface area (Å²) in [6.45, 7) is 0.645. The van der Waals surface area contributed by atoms with E-state index < -0.39 is 0 Å². The summed E-state index contributed by atoms with van der Waals surface area (Å²) in [6, 6.07) is 3.75. The van der Waals surface area contributed by atoms with Gasteiger partial charge in [0.2, 0.25) is 5.91 Å². The lowest BCUT2D eigenvalue weighted by Gasteiger charge is -2.26. The van der Waals surface area contributed by atoms with E-state index in [1.165, 1.54) is 11.8 Å². The molecule has 1 amide bonds. The number of pyridine rings is 1. The first-order chi connectivity index (χ1) is 11.1. The summed E-state index contributed by atoms with van der Waals surface area (Å²) in [4.78, 5) is 28.6. The number of rotatable bonds is 4. The lowest BCUT2D eigenvalue weighted by atomic mass is 9.87. The number of nitrogens with zero attached hydrogens (tertiary/aromatic N) is 1. The summed E-state index contributed by atoms with van der Waals surface area (Å²) < 4.78 is 0. The molecular weight excluding hydrogens is 312 g/mol. The highest BCUT2D eigenvalue weighted by atomic mass is 32.2. The molecule has 1 aliphatic heterocycles. The van der Waals surface area contributed by atoms with Crippen molar-refractivity contribution in [3.8, 4) is 0 Å². The van der Waals surface area contributed by atoms with Gasteiger partial charge in [0.1, 0.15) is 5.03 Å². The van der Waals surface area contributed by atoms with Crippen LogP contribution in [0.3, 0.4) is 0 Å². The average molecular weight is 334 g/mol. The topological polar surface area (TPSA) is 79.3 Å². The van der Waals surface area contributed by atoms with E-state index in [1.54, 1.807) is 6.20 Å². The summed E-state index contributed by atoms with van der Waals surface area (Å²) in [5, 5.41) is 13.0. The number of thioether (sulfide) groups is 1. The van der Waals surface area contributed by atoms with Crippen molar-refractivity contribution < 1.29 is 14.7 Å². The van der Waals surface area contributed by atoms with Crippen molar-refractivity contribution in [2.24, 2.45) is 5.92 Å². The fourth-order valence-electron chi connectivity index (χ4n) is 3.17. The van der Waals surface area contributed by atoms with Gasteiger partial charge in [0.15, 0.2) is 5.78 Å². The van der Waals surface area contributed by atoms with Gasteiger partial charge in [0, 0.05) is 25.6 Å². The molecule has 6 heteroatoms. The van der Waals surface area contributed by atoms with E-state index in [9.17, 15) is 14.7 Å². The van der Waals surface area contributed by atoms with Crippen LogP contribution in [0.25, 0.3) is 0 Å². The molecule has 1 fully saturated rings. The number of aromatic nitrogens is 1. The van der Waals surface area contributed by atoms with Crippen molar-refractivity contribution in [3.05, 3.63) is 23.9 Å². The van der Waals surface area contributed by atoms with Gasteiger partial charge in [-0.3, -0.25) is 9.59 Å². The summed E-state index contributed by atoms with van der Waals surface area (Å²) in [6.07, 6.45) is 5.68. The SMILES string of the molecule is O=C(CC1Sc2ncccc2CC1=O)NCC1CCC(O)CC1. The molecule has 1 saturated carbocycles. The number of carbonyl (C=O) groups excluding carboxylic acids is 2. The molecular formula is C17H22N2O3S. The van der Waals surface area contributed by atoms with E-state index in [-0.39, 0.29) is 29.5 Å². The van der Waals surface area contributed by atoms with E-state index in [2.05, 4.69) is 10.3 Å². The van der Waals surface area contributed by atoms with E-state index in [4.69, 9.17) is 0 Å². The standard InChI is InChI=1S/C17H22N2O3S/c20-13-5-3-11(4-6-13)10-19-16(22)9-15-14(21)8-12-2-1-7-18-17(12)23-15/h1-2,7,11,13,15,20H,3-6,8-10H2,(H,19,22). The van der Waals surface area contributed by atoms with Gasteiger partial charge in [0.05, 0.1) is 11.4 Å². The Hall–Kier alpha value is -1.40. The number of nitrogens with one attached hydrogen (secondary N) is 1. The Morgan fingerprint density at radius 1 is 1.35 bits per heavy atom. The van der Waals surface area contributed by atoms with Crippen LogP contribution in [0.15, 0.2) is 23.4 Å². The molecule has 2 N–H and O–H groups in total. The van der Waals surface area contributed by atoms with Crippen LogP contribution in [-0.4, -0.2) is 39.7 Å². The second-order valence-electron chi connectivity index (χ2n) is 6.40. The molecule has 0 spiro atoms. The van der Waals surface area contributed by atoms with Gasteiger partial charge >= 0.3 is 0 Å². The van der Waals surface area contributed by atoms with Gasteiger partial charge in [-0.05, 0) is 43.2 Å². The molecule has 0 bridgehead atoms. The quantitative estimate of drug-likeness (QED) is 0.876. The second kappa shape index (κ2) is 7.45. The molecule has 2 heterocycles. The molecule has 0 saturated heterocycles. The number of fused-ring (bicyclic) bond motifs is 1. The Kier molecular flexibility index (Phi) is 5.33. The summed E-state index contributed by atoms with van der Waals surface area (Å²) in [5.41, 5.74) is 0.958. The van der Waals surface area contributed by atoms with Gasteiger partial charge in [-0.15, -0.1) is 0 Å². The van der Waals surface area contributed by atoms with Crippen molar-refractivity contribution in [2.75, 3.05) is 6.54 Å². The van der Waals surface area contributed by atoms with Crippen LogP contribution >= 0.6 is 11.8 Å². The van der Waals surface area contributed by atoms with Crippen molar-refractivity contribution >= 4 is 23.5 Å². The molecule has 1 aromatic rings. The molecule has 3 rings (SSSR count). The Balaban J connectivity index is 1.47. The second-order valence-corrected chi connectivity index (χ2v) is 7.59. The predicted octanol–water partition coefficient (Wildman–Crippen LogP) is 1.72. The highest BCUT2D eigenvalue weighted by Crippen LogP contribution is 2.33. The minimum atomic E-state index is -0.328. The third-order valence-electron chi connectivity index (χ3n) is 4.60. The molecule has 23 heavy (non-hydrogen) atoms. The Bertz CT molecular complexity index is 585.